The van der Waals surface area contributed by atoms with Crippen molar-refractivity contribution in [1.29, 1.82) is 0 Å². The summed E-state index contributed by atoms with van der Waals surface area (Å²) in [4.78, 5) is 12.1. The van der Waals surface area contributed by atoms with Crippen LogP contribution in [0.3, 0.4) is 0 Å². The van der Waals surface area contributed by atoms with Gasteiger partial charge in [0.2, 0.25) is 0 Å². The van der Waals surface area contributed by atoms with Crippen molar-refractivity contribution in [3.63, 3.8) is 0 Å². The van der Waals surface area contributed by atoms with Crippen LogP contribution in [0.2, 0.25) is 0 Å². The third kappa shape index (κ3) is 4.82. The van der Waals surface area contributed by atoms with Gasteiger partial charge in [-0.2, -0.15) is 0 Å². The minimum atomic E-state index is -3.22. The lowest BCUT2D eigenvalue weighted by Gasteiger charge is -2.17. The topological polar surface area (TPSA) is 106 Å². The van der Waals surface area contributed by atoms with Crippen LogP contribution in [0.25, 0.3) is 0 Å². The van der Waals surface area contributed by atoms with Crippen molar-refractivity contribution < 1.29 is 27.5 Å². The predicted octanol–water partition coefficient (Wildman–Crippen LogP) is -0.0562. The maximum Gasteiger partial charge on any atom is 0.287 e. The highest BCUT2D eigenvalue weighted by molar-refractivity contribution is 7.91. The average molecular weight is 341 g/mol. The van der Waals surface area contributed by atoms with E-state index in [1.165, 1.54) is 33.1 Å². The second kappa shape index (κ2) is 6.35. The number of hydrogen-bond donors (Lipinski definition) is 2. The number of furan rings is 1. The first-order valence-electron chi connectivity index (χ1n) is 6.99. The third-order valence-corrected chi connectivity index (χ3v) is 4.94. The summed E-state index contributed by atoms with van der Waals surface area (Å²) < 4.78 is 33.6. The zero-order valence-electron chi connectivity index (χ0n) is 13.1. The van der Waals surface area contributed by atoms with Crippen molar-refractivity contribution in [2.75, 3.05) is 18.6 Å². The molecule has 2 atom stereocenters. The Hall–Kier alpha value is -1.82. The van der Waals surface area contributed by atoms with Crippen molar-refractivity contribution in [1.82, 2.24) is 5.32 Å². The number of methoxy groups -OCH3 is 1. The number of carbonyl (C=O) groups is 1. The smallest absolute Gasteiger partial charge is 0.287 e. The summed E-state index contributed by atoms with van der Waals surface area (Å²) in [7, 11) is -1.82. The Labute approximate surface area is 134 Å². The van der Waals surface area contributed by atoms with E-state index in [0.717, 1.165) is 0 Å². The van der Waals surface area contributed by atoms with E-state index in [0.29, 0.717) is 0 Å². The molecule has 1 aliphatic rings. The van der Waals surface area contributed by atoms with Crippen molar-refractivity contribution in [3.05, 3.63) is 23.7 Å². The Morgan fingerprint density at radius 1 is 1.43 bits per heavy atom. The summed E-state index contributed by atoms with van der Waals surface area (Å²) in [6.07, 6.45) is -0.576. The fourth-order valence-electron chi connectivity index (χ4n) is 2.16. The van der Waals surface area contributed by atoms with Crippen LogP contribution < -0.4 is 5.32 Å². The summed E-state index contributed by atoms with van der Waals surface area (Å²) in [6.45, 7) is 3.06. The van der Waals surface area contributed by atoms with Gasteiger partial charge in [-0.3, -0.25) is 4.79 Å². The molecule has 1 aliphatic heterocycles. The largest absolute Gasteiger partial charge is 0.443 e. The van der Waals surface area contributed by atoms with E-state index >= 15 is 0 Å². The molecule has 0 spiro atoms. The van der Waals surface area contributed by atoms with E-state index in [4.69, 9.17) is 9.15 Å². The molecule has 2 N–H and O–H groups in total. The third-order valence-electron chi connectivity index (χ3n) is 3.24. The number of rotatable bonds is 3. The number of amides is 1. The first kappa shape index (κ1) is 17.5. The lowest BCUT2D eigenvalue weighted by Crippen LogP contribution is -2.43. The van der Waals surface area contributed by atoms with Crippen LogP contribution in [0.15, 0.2) is 16.5 Å². The Balaban J connectivity index is 2.07. The maximum absolute atomic E-state index is 12.1. The van der Waals surface area contributed by atoms with Crippen molar-refractivity contribution in [2.24, 2.45) is 0 Å². The van der Waals surface area contributed by atoms with Crippen LogP contribution >= 0.6 is 0 Å². The second-order valence-electron chi connectivity index (χ2n) is 5.90. The molecule has 23 heavy (non-hydrogen) atoms. The lowest BCUT2D eigenvalue weighted by atomic mass is 10.1. The van der Waals surface area contributed by atoms with E-state index in [-0.39, 0.29) is 23.0 Å². The number of hydrogen-bond acceptors (Lipinski definition) is 6. The molecule has 2 rings (SSSR count). The highest BCUT2D eigenvalue weighted by atomic mass is 32.2. The van der Waals surface area contributed by atoms with E-state index in [2.05, 4.69) is 17.2 Å². The summed E-state index contributed by atoms with van der Waals surface area (Å²) in [5.74, 6) is 4.63. The SMILES string of the molecule is CO[C@@H]1CS(=O)(=O)C[C@H]1NC(=O)c1ccc(C#CC(C)(C)O)o1. The summed E-state index contributed by atoms with van der Waals surface area (Å²) in [6, 6.07) is 2.33. The van der Waals surface area contributed by atoms with Crippen LogP contribution in [-0.4, -0.2) is 55.8 Å². The van der Waals surface area contributed by atoms with Crippen LogP contribution in [0.1, 0.15) is 30.2 Å². The van der Waals surface area contributed by atoms with Gasteiger partial charge in [-0.1, -0.05) is 5.92 Å². The molecule has 8 heteroatoms. The van der Waals surface area contributed by atoms with Crippen LogP contribution in [0, 0.1) is 11.8 Å². The molecule has 126 valence electrons. The molecular weight excluding hydrogens is 322 g/mol. The fraction of sp³-hybridized carbons (Fsp3) is 0.533. The van der Waals surface area contributed by atoms with E-state index in [1.807, 2.05) is 0 Å². The summed E-state index contributed by atoms with van der Waals surface area (Å²) >= 11 is 0. The molecular formula is C15H19NO6S. The summed E-state index contributed by atoms with van der Waals surface area (Å²) in [5.41, 5.74) is -1.17. The zero-order valence-corrected chi connectivity index (χ0v) is 13.9. The Morgan fingerprint density at radius 2 is 2.13 bits per heavy atom. The molecule has 1 aromatic rings. The van der Waals surface area contributed by atoms with Gasteiger partial charge < -0.3 is 19.6 Å². The zero-order chi connectivity index (χ0) is 17.3. The van der Waals surface area contributed by atoms with Gasteiger partial charge in [0, 0.05) is 7.11 Å². The van der Waals surface area contributed by atoms with Crippen molar-refractivity contribution >= 4 is 15.7 Å². The molecule has 1 fully saturated rings. The van der Waals surface area contributed by atoms with Crippen LogP contribution in [0.5, 0.6) is 0 Å². The van der Waals surface area contributed by atoms with Crippen LogP contribution in [0.4, 0.5) is 0 Å². The van der Waals surface area contributed by atoms with Gasteiger partial charge in [-0.05, 0) is 31.9 Å². The average Bonchev–Trinajstić information content (AvgIpc) is 2.99. The standard InChI is InChI=1S/C15H19NO6S/c1-15(2,18)7-6-10-4-5-12(22-10)14(17)16-11-8-23(19,20)9-13(11)21-3/h4-5,11,13,18H,8-9H2,1-3H3,(H,16,17)/t11-,13-/m1/s1. The molecule has 1 amide bonds. The highest BCUT2D eigenvalue weighted by Gasteiger charge is 2.39. The highest BCUT2D eigenvalue weighted by Crippen LogP contribution is 2.16. The van der Waals surface area contributed by atoms with Gasteiger partial charge in [0.05, 0.1) is 23.7 Å². The summed E-state index contributed by atoms with van der Waals surface area (Å²) in [5, 5.41) is 12.1. The number of carbonyl (C=O) groups excluding carboxylic acids is 1. The van der Waals surface area contributed by atoms with Gasteiger partial charge in [0.25, 0.3) is 5.91 Å². The van der Waals surface area contributed by atoms with E-state index in [9.17, 15) is 18.3 Å². The number of nitrogens with one attached hydrogen (secondary N) is 1. The Kier molecular flexibility index (Phi) is 4.84. The monoisotopic (exact) mass is 341 g/mol. The molecule has 1 saturated heterocycles. The minimum absolute atomic E-state index is 0.0178. The number of aliphatic hydroxyl groups is 1. The van der Waals surface area contributed by atoms with Crippen molar-refractivity contribution in [3.8, 4) is 11.8 Å². The minimum Gasteiger partial charge on any atom is -0.443 e. The predicted molar refractivity (Wildman–Crippen MR) is 82.6 cm³/mol. The Morgan fingerprint density at radius 3 is 2.74 bits per heavy atom. The van der Waals surface area contributed by atoms with Gasteiger partial charge in [0.1, 0.15) is 5.60 Å². The van der Waals surface area contributed by atoms with Gasteiger partial charge in [-0.15, -0.1) is 0 Å². The van der Waals surface area contributed by atoms with E-state index < -0.39 is 33.5 Å². The quantitative estimate of drug-likeness (QED) is 0.747. The molecule has 0 aliphatic carbocycles. The van der Waals surface area contributed by atoms with Gasteiger partial charge >= 0.3 is 0 Å². The maximum atomic E-state index is 12.1. The van der Waals surface area contributed by atoms with Crippen molar-refractivity contribution in [2.45, 2.75) is 31.6 Å². The Bertz CT molecular complexity index is 747. The number of sulfone groups is 1. The first-order chi connectivity index (χ1) is 10.6. The van der Waals surface area contributed by atoms with Crippen LogP contribution in [-0.2, 0) is 14.6 Å². The lowest BCUT2D eigenvalue weighted by molar-refractivity contribution is 0.0765. The molecule has 0 bridgehead atoms. The second-order valence-corrected chi connectivity index (χ2v) is 8.06. The fourth-order valence-corrected chi connectivity index (χ4v) is 4.01. The van der Waals surface area contributed by atoms with Gasteiger partial charge in [-0.25, -0.2) is 8.42 Å². The molecule has 7 nitrogen and oxygen atoms in total. The molecule has 0 saturated carbocycles. The number of ether oxygens (including phenoxy) is 1. The van der Waals surface area contributed by atoms with Gasteiger partial charge in [0.15, 0.2) is 21.4 Å². The molecule has 1 aromatic heterocycles. The molecule has 0 unspecified atom stereocenters. The van der Waals surface area contributed by atoms with E-state index in [1.54, 1.807) is 0 Å². The normalized spacial score (nSPS) is 23.1. The molecule has 2 heterocycles. The molecule has 0 aromatic carbocycles. The molecule has 0 radical (unpaired) electrons. The first-order valence-corrected chi connectivity index (χ1v) is 8.81.